The van der Waals surface area contributed by atoms with Gasteiger partial charge in [-0.1, -0.05) is 6.07 Å². The lowest BCUT2D eigenvalue weighted by Crippen LogP contribution is -2.30. The number of alkyl halides is 3. The zero-order valence-corrected chi connectivity index (χ0v) is 12.6. The van der Waals surface area contributed by atoms with Crippen LogP contribution in [0.3, 0.4) is 0 Å². The van der Waals surface area contributed by atoms with Gasteiger partial charge in [-0.2, -0.15) is 18.3 Å². The number of carbonyl (C=O) groups is 1. The molecule has 0 bridgehead atoms. The molecule has 1 aromatic heterocycles. The van der Waals surface area contributed by atoms with Crippen molar-refractivity contribution in [2.24, 2.45) is 0 Å². The Balaban J connectivity index is 1.61. The number of hydrogen-bond donors (Lipinski definition) is 1. The van der Waals surface area contributed by atoms with E-state index in [4.69, 9.17) is 9.47 Å². The van der Waals surface area contributed by atoms with Gasteiger partial charge in [-0.25, -0.2) is 0 Å². The molecule has 0 saturated heterocycles. The van der Waals surface area contributed by atoms with Crippen molar-refractivity contribution in [1.82, 2.24) is 15.1 Å². The van der Waals surface area contributed by atoms with Crippen molar-refractivity contribution in [3.63, 3.8) is 0 Å². The number of fused-ring (bicyclic) bond motifs is 1. The molecule has 1 aliphatic heterocycles. The Labute approximate surface area is 135 Å². The van der Waals surface area contributed by atoms with E-state index in [2.05, 4.69) is 10.4 Å². The molecule has 1 aromatic carbocycles. The predicted molar refractivity (Wildman–Crippen MR) is 76.4 cm³/mol. The largest absolute Gasteiger partial charge is 0.454 e. The first-order valence-corrected chi connectivity index (χ1v) is 7.12. The van der Waals surface area contributed by atoms with Crippen molar-refractivity contribution < 1.29 is 27.4 Å². The second-order valence-electron chi connectivity index (χ2n) is 5.30. The second-order valence-corrected chi connectivity index (χ2v) is 5.30. The summed E-state index contributed by atoms with van der Waals surface area (Å²) in [7, 11) is 0. The number of aromatic nitrogens is 2. The average molecular weight is 341 g/mol. The first kappa shape index (κ1) is 16.2. The van der Waals surface area contributed by atoms with Gasteiger partial charge in [-0.15, -0.1) is 0 Å². The molecule has 0 fully saturated rings. The number of amides is 1. The number of halogens is 3. The zero-order chi connectivity index (χ0) is 17.3. The van der Waals surface area contributed by atoms with Crippen LogP contribution in [0.15, 0.2) is 30.5 Å². The first-order chi connectivity index (χ1) is 11.3. The lowest BCUT2D eigenvalue weighted by molar-refractivity contribution is -0.141. The molecule has 2 aromatic rings. The lowest BCUT2D eigenvalue weighted by Gasteiger charge is -2.15. The van der Waals surface area contributed by atoms with Gasteiger partial charge in [0.15, 0.2) is 17.2 Å². The number of hydrogen-bond acceptors (Lipinski definition) is 4. The molecule has 9 heteroatoms. The number of ether oxygens (including phenoxy) is 2. The summed E-state index contributed by atoms with van der Waals surface area (Å²) in [4.78, 5) is 12.0. The third-order valence-corrected chi connectivity index (χ3v) is 3.51. The summed E-state index contributed by atoms with van der Waals surface area (Å²) in [5.41, 5.74) is -0.233. The molecule has 3 rings (SSSR count). The van der Waals surface area contributed by atoms with Crippen molar-refractivity contribution in [3.8, 4) is 11.5 Å². The minimum absolute atomic E-state index is 0.153. The maximum Gasteiger partial charge on any atom is 0.435 e. The monoisotopic (exact) mass is 341 g/mol. The van der Waals surface area contributed by atoms with Gasteiger partial charge in [0.05, 0.1) is 6.04 Å². The average Bonchev–Trinajstić information content (AvgIpc) is 3.14. The maximum absolute atomic E-state index is 12.5. The minimum atomic E-state index is -4.53. The highest BCUT2D eigenvalue weighted by Gasteiger charge is 2.33. The van der Waals surface area contributed by atoms with Crippen LogP contribution in [-0.2, 0) is 17.5 Å². The van der Waals surface area contributed by atoms with Gasteiger partial charge in [0, 0.05) is 6.20 Å². The van der Waals surface area contributed by atoms with Crippen LogP contribution in [0.25, 0.3) is 0 Å². The third kappa shape index (κ3) is 3.44. The molecule has 1 N–H and O–H groups in total. The topological polar surface area (TPSA) is 65.4 Å². The van der Waals surface area contributed by atoms with E-state index in [-0.39, 0.29) is 19.4 Å². The van der Waals surface area contributed by atoms with E-state index in [1.54, 1.807) is 25.1 Å². The van der Waals surface area contributed by atoms with E-state index in [0.717, 1.165) is 22.5 Å². The summed E-state index contributed by atoms with van der Waals surface area (Å²) in [6.45, 7) is 1.62. The highest BCUT2D eigenvalue weighted by Crippen LogP contribution is 2.34. The molecule has 24 heavy (non-hydrogen) atoms. The molecular formula is C15H14F3N3O3. The van der Waals surface area contributed by atoms with E-state index in [9.17, 15) is 18.0 Å². The van der Waals surface area contributed by atoms with E-state index in [1.165, 1.54) is 0 Å². The van der Waals surface area contributed by atoms with Crippen molar-refractivity contribution >= 4 is 5.91 Å². The molecule has 1 atom stereocenters. The van der Waals surface area contributed by atoms with Crippen LogP contribution in [0.5, 0.6) is 11.5 Å². The standard InChI is InChI=1S/C15H14F3N3O3/c1-9(10-2-3-11-12(6-10)24-8-23-11)19-14(22)7-21-5-4-13(20-21)15(16,17)18/h2-6,9H,7-8H2,1H3,(H,19,22). The number of benzene rings is 1. The van der Waals surface area contributed by atoms with E-state index in [0.29, 0.717) is 11.5 Å². The Hall–Kier alpha value is -2.71. The van der Waals surface area contributed by atoms with Crippen LogP contribution in [0.2, 0.25) is 0 Å². The summed E-state index contributed by atoms with van der Waals surface area (Å²) in [6, 6.07) is 5.76. The van der Waals surface area contributed by atoms with Gasteiger partial charge in [-0.3, -0.25) is 9.48 Å². The molecular weight excluding hydrogens is 327 g/mol. The van der Waals surface area contributed by atoms with Crippen LogP contribution < -0.4 is 14.8 Å². The number of carbonyl (C=O) groups excluding carboxylic acids is 1. The molecule has 6 nitrogen and oxygen atoms in total. The van der Waals surface area contributed by atoms with Crippen molar-refractivity contribution in [1.29, 1.82) is 0 Å². The van der Waals surface area contributed by atoms with Crippen LogP contribution in [0.1, 0.15) is 24.2 Å². The molecule has 128 valence electrons. The lowest BCUT2D eigenvalue weighted by atomic mass is 10.1. The van der Waals surface area contributed by atoms with Crippen LogP contribution >= 0.6 is 0 Å². The van der Waals surface area contributed by atoms with E-state index in [1.807, 2.05) is 0 Å². The third-order valence-electron chi connectivity index (χ3n) is 3.51. The van der Waals surface area contributed by atoms with Gasteiger partial charge < -0.3 is 14.8 Å². The van der Waals surface area contributed by atoms with Crippen LogP contribution in [-0.4, -0.2) is 22.5 Å². The quantitative estimate of drug-likeness (QED) is 0.928. The highest BCUT2D eigenvalue weighted by atomic mass is 19.4. The van der Waals surface area contributed by atoms with Gasteiger partial charge in [0.25, 0.3) is 0 Å². The Morgan fingerprint density at radius 1 is 1.33 bits per heavy atom. The Morgan fingerprint density at radius 3 is 2.79 bits per heavy atom. The fourth-order valence-corrected chi connectivity index (χ4v) is 2.30. The summed E-state index contributed by atoms with van der Waals surface area (Å²) >= 11 is 0. The van der Waals surface area contributed by atoms with Gasteiger partial charge in [-0.05, 0) is 30.7 Å². The van der Waals surface area contributed by atoms with E-state index < -0.39 is 17.8 Å². The normalized spacial score (nSPS) is 14.5. The summed E-state index contributed by atoms with van der Waals surface area (Å²) in [5, 5.41) is 6.05. The predicted octanol–water partition coefficient (Wildman–Crippen LogP) is 2.51. The number of nitrogens with zero attached hydrogens (tertiary/aromatic N) is 2. The Morgan fingerprint density at radius 2 is 2.08 bits per heavy atom. The van der Waals surface area contributed by atoms with Gasteiger partial charge >= 0.3 is 6.18 Å². The van der Waals surface area contributed by atoms with Crippen LogP contribution in [0, 0.1) is 0 Å². The second kappa shape index (κ2) is 6.06. The van der Waals surface area contributed by atoms with Gasteiger partial charge in [0.2, 0.25) is 12.7 Å². The smallest absolute Gasteiger partial charge is 0.435 e. The zero-order valence-electron chi connectivity index (χ0n) is 12.6. The van der Waals surface area contributed by atoms with Crippen molar-refractivity contribution in [3.05, 3.63) is 41.7 Å². The highest BCUT2D eigenvalue weighted by molar-refractivity contribution is 5.76. The first-order valence-electron chi connectivity index (χ1n) is 7.12. The Kier molecular flexibility index (Phi) is 4.08. The minimum Gasteiger partial charge on any atom is -0.454 e. The number of rotatable bonds is 4. The molecule has 0 aliphatic carbocycles. The fraction of sp³-hybridized carbons (Fsp3) is 0.333. The molecule has 0 radical (unpaired) electrons. The van der Waals surface area contributed by atoms with Crippen LogP contribution in [0.4, 0.5) is 13.2 Å². The molecule has 0 saturated carbocycles. The summed E-state index contributed by atoms with van der Waals surface area (Å²) < 4.78 is 48.9. The molecule has 1 aliphatic rings. The molecule has 0 spiro atoms. The summed E-state index contributed by atoms with van der Waals surface area (Å²) in [6.07, 6.45) is -3.41. The molecule has 2 heterocycles. The SMILES string of the molecule is CC(NC(=O)Cn1ccc(C(F)(F)F)n1)c1ccc2c(c1)OCO2. The summed E-state index contributed by atoms with van der Waals surface area (Å²) in [5.74, 6) is 0.779. The Bertz CT molecular complexity index is 758. The van der Waals surface area contributed by atoms with E-state index >= 15 is 0 Å². The maximum atomic E-state index is 12.5. The van der Waals surface area contributed by atoms with Gasteiger partial charge in [0.1, 0.15) is 6.54 Å². The molecule has 1 amide bonds. The van der Waals surface area contributed by atoms with Crippen molar-refractivity contribution in [2.75, 3.05) is 6.79 Å². The molecule has 1 unspecified atom stereocenters. The number of nitrogens with one attached hydrogen (secondary N) is 1. The fourth-order valence-electron chi connectivity index (χ4n) is 2.30. The van der Waals surface area contributed by atoms with Crippen molar-refractivity contribution in [2.45, 2.75) is 25.7 Å².